The molecule has 98 valence electrons. The molecule has 2 amide bonds. The van der Waals surface area contributed by atoms with Crippen molar-refractivity contribution in [3.63, 3.8) is 0 Å². The molecule has 6 nitrogen and oxygen atoms in total. The van der Waals surface area contributed by atoms with Gasteiger partial charge in [-0.3, -0.25) is 9.59 Å². The molecular weight excluding hydrogens is 234 g/mol. The zero-order chi connectivity index (χ0) is 13.0. The lowest BCUT2D eigenvalue weighted by Gasteiger charge is -2.29. The SMILES string of the molecule is N#CC1(C(=O)NCC2CCC(=O)N2)CCOCC1. The van der Waals surface area contributed by atoms with Crippen molar-refractivity contribution < 1.29 is 14.3 Å². The highest BCUT2D eigenvalue weighted by atomic mass is 16.5. The summed E-state index contributed by atoms with van der Waals surface area (Å²) in [6, 6.07) is 2.12. The number of nitrogens with zero attached hydrogens (tertiary/aromatic N) is 1. The third-order valence-corrected chi connectivity index (χ3v) is 3.59. The normalized spacial score (nSPS) is 26.2. The predicted molar refractivity (Wildman–Crippen MR) is 62.3 cm³/mol. The van der Waals surface area contributed by atoms with Gasteiger partial charge in [0.1, 0.15) is 5.41 Å². The maximum absolute atomic E-state index is 12.1. The summed E-state index contributed by atoms with van der Waals surface area (Å²) >= 11 is 0. The Balaban J connectivity index is 1.86. The average molecular weight is 251 g/mol. The van der Waals surface area contributed by atoms with Gasteiger partial charge < -0.3 is 15.4 Å². The number of carbonyl (C=O) groups is 2. The smallest absolute Gasteiger partial charge is 0.240 e. The van der Waals surface area contributed by atoms with Crippen LogP contribution in [-0.4, -0.2) is 37.6 Å². The minimum atomic E-state index is -0.957. The van der Waals surface area contributed by atoms with Crippen molar-refractivity contribution in [2.24, 2.45) is 5.41 Å². The fourth-order valence-electron chi connectivity index (χ4n) is 2.33. The van der Waals surface area contributed by atoms with Gasteiger partial charge in [0.2, 0.25) is 11.8 Å². The Kier molecular flexibility index (Phi) is 3.82. The minimum absolute atomic E-state index is 0.00275. The molecule has 0 radical (unpaired) electrons. The van der Waals surface area contributed by atoms with E-state index >= 15 is 0 Å². The van der Waals surface area contributed by atoms with Crippen LogP contribution in [0.1, 0.15) is 25.7 Å². The number of hydrogen-bond acceptors (Lipinski definition) is 4. The molecule has 2 aliphatic rings. The molecule has 18 heavy (non-hydrogen) atoms. The van der Waals surface area contributed by atoms with Crippen LogP contribution in [-0.2, 0) is 14.3 Å². The Morgan fingerprint density at radius 3 is 2.83 bits per heavy atom. The molecule has 2 aliphatic heterocycles. The van der Waals surface area contributed by atoms with Crippen LogP contribution in [0.25, 0.3) is 0 Å². The van der Waals surface area contributed by atoms with Crippen LogP contribution in [0.5, 0.6) is 0 Å². The van der Waals surface area contributed by atoms with Gasteiger partial charge in [-0.05, 0) is 19.3 Å². The Bertz CT molecular complexity index is 383. The van der Waals surface area contributed by atoms with Crippen LogP contribution in [0, 0.1) is 16.7 Å². The summed E-state index contributed by atoms with van der Waals surface area (Å²) in [5.41, 5.74) is -0.957. The Hall–Kier alpha value is -1.61. The minimum Gasteiger partial charge on any atom is -0.381 e. The number of rotatable bonds is 3. The molecule has 0 aromatic heterocycles. The molecule has 2 saturated heterocycles. The Labute approximate surface area is 106 Å². The topological polar surface area (TPSA) is 91.2 Å². The number of nitrogens with one attached hydrogen (secondary N) is 2. The lowest BCUT2D eigenvalue weighted by molar-refractivity contribution is -0.132. The summed E-state index contributed by atoms with van der Waals surface area (Å²) < 4.78 is 5.18. The lowest BCUT2D eigenvalue weighted by atomic mass is 9.81. The van der Waals surface area contributed by atoms with E-state index in [1.165, 1.54) is 0 Å². The second-order valence-corrected chi connectivity index (χ2v) is 4.82. The fourth-order valence-corrected chi connectivity index (χ4v) is 2.33. The van der Waals surface area contributed by atoms with Gasteiger partial charge >= 0.3 is 0 Å². The van der Waals surface area contributed by atoms with Gasteiger partial charge in [0.05, 0.1) is 6.07 Å². The van der Waals surface area contributed by atoms with Crippen molar-refractivity contribution in [2.75, 3.05) is 19.8 Å². The van der Waals surface area contributed by atoms with Gasteiger partial charge in [-0.15, -0.1) is 0 Å². The molecule has 0 bridgehead atoms. The largest absolute Gasteiger partial charge is 0.381 e. The van der Waals surface area contributed by atoms with Crippen molar-refractivity contribution in [3.8, 4) is 6.07 Å². The van der Waals surface area contributed by atoms with Crippen LogP contribution in [0.3, 0.4) is 0 Å². The average Bonchev–Trinajstić information content (AvgIpc) is 2.82. The summed E-state index contributed by atoms with van der Waals surface area (Å²) in [5, 5.41) is 14.8. The van der Waals surface area contributed by atoms with Crippen LogP contribution < -0.4 is 10.6 Å². The summed E-state index contributed by atoms with van der Waals surface area (Å²) in [4.78, 5) is 23.1. The second kappa shape index (κ2) is 5.36. The van der Waals surface area contributed by atoms with Crippen LogP contribution in [0.4, 0.5) is 0 Å². The Morgan fingerprint density at radius 1 is 1.56 bits per heavy atom. The third kappa shape index (κ3) is 2.62. The summed E-state index contributed by atoms with van der Waals surface area (Å²) in [5.74, 6) is -0.218. The monoisotopic (exact) mass is 251 g/mol. The maximum Gasteiger partial charge on any atom is 0.240 e. The quantitative estimate of drug-likeness (QED) is 0.720. The number of carbonyl (C=O) groups excluding carboxylic acids is 2. The molecule has 2 rings (SSSR count). The van der Waals surface area contributed by atoms with Gasteiger partial charge in [-0.1, -0.05) is 0 Å². The van der Waals surface area contributed by atoms with E-state index in [1.807, 2.05) is 0 Å². The molecule has 2 N–H and O–H groups in total. The molecule has 0 aromatic carbocycles. The highest BCUT2D eigenvalue weighted by molar-refractivity contribution is 5.85. The standard InChI is InChI=1S/C12H17N3O3/c13-8-12(3-5-18-6-4-12)11(17)14-7-9-1-2-10(16)15-9/h9H,1-7H2,(H,14,17)(H,15,16). The number of amides is 2. The molecule has 2 fully saturated rings. The molecule has 6 heteroatoms. The van der Waals surface area contributed by atoms with Gasteiger partial charge in [-0.25, -0.2) is 0 Å². The predicted octanol–water partition coefficient (Wildman–Crippen LogP) is -0.298. The molecule has 0 saturated carbocycles. The summed E-state index contributed by atoms with van der Waals surface area (Å²) in [6.45, 7) is 1.29. The third-order valence-electron chi connectivity index (χ3n) is 3.59. The van der Waals surface area contributed by atoms with Crippen molar-refractivity contribution in [1.29, 1.82) is 5.26 Å². The van der Waals surface area contributed by atoms with Crippen molar-refractivity contribution in [1.82, 2.24) is 10.6 Å². The maximum atomic E-state index is 12.1. The number of ether oxygens (including phenoxy) is 1. The van der Waals surface area contributed by atoms with E-state index in [1.54, 1.807) is 0 Å². The van der Waals surface area contributed by atoms with E-state index < -0.39 is 5.41 Å². The van der Waals surface area contributed by atoms with E-state index in [-0.39, 0.29) is 17.9 Å². The Morgan fingerprint density at radius 2 is 2.28 bits per heavy atom. The molecular formula is C12H17N3O3. The first kappa shape index (κ1) is 12.8. The van der Waals surface area contributed by atoms with E-state index in [0.29, 0.717) is 39.0 Å². The van der Waals surface area contributed by atoms with E-state index in [4.69, 9.17) is 4.74 Å². The zero-order valence-corrected chi connectivity index (χ0v) is 10.2. The van der Waals surface area contributed by atoms with E-state index in [0.717, 1.165) is 6.42 Å². The molecule has 0 aliphatic carbocycles. The van der Waals surface area contributed by atoms with Crippen LogP contribution in [0.2, 0.25) is 0 Å². The first-order chi connectivity index (χ1) is 8.66. The van der Waals surface area contributed by atoms with Crippen LogP contribution >= 0.6 is 0 Å². The first-order valence-corrected chi connectivity index (χ1v) is 6.23. The highest BCUT2D eigenvalue weighted by Crippen LogP contribution is 2.29. The van der Waals surface area contributed by atoms with E-state index in [9.17, 15) is 14.9 Å². The first-order valence-electron chi connectivity index (χ1n) is 6.23. The molecule has 0 spiro atoms. The molecule has 0 aromatic rings. The van der Waals surface area contributed by atoms with Gasteiger partial charge in [0, 0.05) is 32.2 Å². The van der Waals surface area contributed by atoms with Crippen molar-refractivity contribution >= 4 is 11.8 Å². The fraction of sp³-hybridized carbons (Fsp3) is 0.750. The van der Waals surface area contributed by atoms with Crippen LogP contribution in [0.15, 0.2) is 0 Å². The highest BCUT2D eigenvalue weighted by Gasteiger charge is 2.40. The van der Waals surface area contributed by atoms with E-state index in [2.05, 4.69) is 16.7 Å². The number of hydrogen-bond donors (Lipinski definition) is 2. The summed E-state index contributed by atoms with van der Waals surface area (Å²) in [7, 11) is 0. The summed E-state index contributed by atoms with van der Waals surface area (Å²) in [6.07, 6.45) is 2.12. The lowest BCUT2D eigenvalue weighted by Crippen LogP contribution is -2.47. The molecule has 1 atom stereocenters. The van der Waals surface area contributed by atoms with Gasteiger partial charge in [0.15, 0.2) is 0 Å². The zero-order valence-electron chi connectivity index (χ0n) is 10.2. The number of nitriles is 1. The molecule has 1 unspecified atom stereocenters. The van der Waals surface area contributed by atoms with Gasteiger partial charge in [-0.2, -0.15) is 5.26 Å². The second-order valence-electron chi connectivity index (χ2n) is 4.82. The van der Waals surface area contributed by atoms with Gasteiger partial charge in [0.25, 0.3) is 0 Å². The van der Waals surface area contributed by atoms with Crippen molar-refractivity contribution in [2.45, 2.75) is 31.7 Å². The molecule has 2 heterocycles. The van der Waals surface area contributed by atoms with Crippen molar-refractivity contribution in [3.05, 3.63) is 0 Å².